The Morgan fingerprint density at radius 3 is 1.88 bits per heavy atom. The summed E-state index contributed by atoms with van der Waals surface area (Å²) in [5.74, 6) is 0. The summed E-state index contributed by atoms with van der Waals surface area (Å²) < 4.78 is 0. The molecule has 0 radical (unpaired) electrons. The molecule has 7 rings (SSSR count). The van der Waals surface area contributed by atoms with Gasteiger partial charge in [0.15, 0.2) is 0 Å². The zero-order chi connectivity index (χ0) is 28.8. The summed E-state index contributed by atoms with van der Waals surface area (Å²) in [7, 11) is 0. The topological polar surface area (TPSA) is 0 Å². The van der Waals surface area contributed by atoms with Gasteiger partial charge in [0.2, 0.25) is 0 Å². The van der Waals surface area contributed by atoms with Gasteiger partial charge in [-0.05, 0) is 108 Å². The second-order valence-corrected chi connectivity index (χ2v) is 12.8. The number of benzene rings is 6. The number of hydrogen-bond donors (Lipinski definition) is 0. The van der Waals surface area contributed by atoms with E-state index in [4.69, 9.17) is 0 Å². The van der Waals surface area contributed by atoms with Crippen LogP contribution >= 0.6 is 0 Å². The highest BCUT2D eigenvalue weighted by Gasteiger charge is 2.19. The lowest BCUT2D eigenvalue weighted by atomic mass is 9.82. The van der Waals surface area contributed by atoms with Crippen molar-refractivity contribution in [3.05, 3.63) is 138 Å². The summed E-state index contributed by atoms with van der Waals surface area (Å²) >= 11 is 0. The van der Waals surface area contributed by atoms with Crippen LogP contribution in [-0.2, 0) is 18.3 Å². The normalized spacial score (nSPS) is 13.0. The fourth-order valence-corrected chi connectivity index (χ4v) is 6.64. The minimum Gasteiger partial charge on any atom is -0.0836 e. The summed E-state index contributed by atoms with van der Waals surface area (Å²) in [5, 5.41) is 5.23. The van der Waals surface area contributed by atoms with Crippen LogP contribution in [0.2, 0.25) is 0 Å². The van der Waals surface area contributed by atoms with Crippen molar-refractivity contribution in [1.82, 2.24) is 0 Å². The monoisotopic (exact) mass is 542 g/mol. The molecule has 0 heteroatoms. The van der Waals surface area contributed by atoms with E-state index in [1.807, 2.05) is 0 Å². The van der Waals surface area contributed by atoms with Gasteiger partial charge >= 0.3 is 0 Å². The van der Waals surface area contributed by atoms with Crippen LogP contribution in [0.3, 0.4) is 0 Å². The van der Waals surface area contributed by atoms with Crippen molar-refractivity contribution < 1.29 is 0 Å². The Hall–Kier alpha value is -4.42. The summed E-state index contributed by atoms with van der Waals surface area (Å²) in [6.45, 7) is 9.07. The standard InChI is InChI=1S/C42H38/c1-5-28-14-16-30(17-15-28)33-22-25-38-39(27-33)40(31-20-23-35(24-21-31)42(2,3)4)36-12-8-9-13-37(36)41(38)34-19-18-29-10-6-7-11-32(29)26-34/h6,8-10,12-27H,5,7,11H2,1-4H3. The molecule has 0 atom stereocenters. The second kappa shape index (κ2) is 10.4. The molecule has 0 unspecified atom stereocenters. The van der Waals surface area contributed by atoms with E-state index in [1.54, 1.807) is 0 Å². The first-order valence-corrected chi connectivity index (χ1v) is 15.4. The van der Waals surface area contributed by atoms with E-state index < -0.39 is 0 Å². The Morgan fingerprint density at radius 1 is 0.571 bits per heavy atom. The number of hydrogen-bond acceptors (Lipinski definition) is 0. The maximum absolute atomic E-state index is 2.44. The van der Waals surface area contributed by atoms with Gasteiger partial charge in [-0.3, -0.25) is 0 Å². The number of rotatable bonds is 4. The Morgan fingerprint density at radius 2 is 1.19 bits per heavy atom. The van der Waals surface area contributed by atoms with E-state index in [-0.39, 0.29) is 5.41 Å². The molecule has 0 saturated heterocycles. The van der Waals surface area contributed by atoms with Crippen LogP contribution in [0, 0.1) is 0 Å². The molecule has 0 saturated carbocycles. The average Bonchev–Trinajstić information content (AvgIpc) is 3.03. The second-order valence-electron chi connectivity index (χ2n) is 12.8. The van der Waals surface area contributed by atoms with Crippen molar-refractivity contribution >= 4 is 27.6 Å². The van der Waals surface area contributed by atoms with Crippen molar-refractivity contribution in [2.75, 3.05) is 0 Å². The first-order chi connectivity index (χ1) is 20.4. The van der Waals surface area contributed by atoms with Gasteiger partial charge in [0, 0.05) is 0 Å². The Labute approximate surface area is 250 Å². The highest BCUT2D eigenvalue weighted by atomic mass is 14.2. The molecule has 6 aromatic carbocycles. The zero-order valence-electron chi connectivity index (χ0n) is 25.2. The Kier molecular flexibility index (Phi) is 6.59. The van der Waals surface area contributed by atoms with Crippen molar-refractivity contribution in [1.29, 1.82) is 0 Å². The van der Waals surface area contributed by atoms with Crippen molar-refractivity contribution in [2.45, 2.75) is 52.4 Å². The fraction of sp³-hybridized carbons (Fsp3) is 0.190. The molecule has 206 valence electrons. The van der Waals surface area contributed by atoms with Gasteiger partial charge in [0.05, 0.1) is 0 Å². The summed E-state index contributed by atoms with van der Waals surface area (Å²) in [5.41, 5.74) is 13.4. The van der Waals surface area contributed by atoms with Gasteiger partial charge in [-0.2, -0.15) is 0 Å². The van der Waals surface area contributed by atoms with Gasteiger partial charge in [-0.25, -0.2) is 0 Å². The molecule has 0 aromatic heterocycles. The van der Waals surface area contributed by atoms with Gasteiger partial charge < -0.3 is 0 Å². The molecule has 1 aliphatic carbocycles. The SMILES string of the molecule is CCc1ccc(-c2ccc3c(-c4ccc5c(c4)CCC=C5)c4ccccc4c(-c4ccc(C(C)(C)C)cc4)c3c2)cc1. The van der Waals surface area contributed by atoms with Crippen LogP contribution in [0.4, 0.5) is 0 Å². The minimum absolute atomic E-state index is 0.117. The van der Waals surface area contributed by atoms with Gasteiger partial charge in [-0.1, -0.05) is 143 Å². The maximum atomic E-state index is 2.44. The van der Waals surface area contributed by atoms with Crippen LogP contribution < -0.4 is 0 Å². The van der Waals surface area contributed by atoms with Crippen molar-refractivity contribution in [3.8, 4) is 33.4 Å². The third-order valence-corrected chi connectivity index (χ3v) is 9.07. The molecule has 1 aliphatic rings. The Bertz CT molecular complexity index is 1960. The highest BCUT2D eigenvalue weighted by molar-refractivity contribution is 6.22. The van der Waals surface area contributed by atoms with Crippen LogP contribution in [0.5, 0.6) is 0 Å². The lowest BCUT2D eigenvalue weighted by Crippen LogP contribution is -2.10. The van der Waals surface area contributed by atoms with Crippen molar-refractivity contribution in [3.63, 3.8) is 0 Å². The fourth-order valence-electron chi connectivity index (χ4n) is 6.64. The van der Waals surface area contributed by atoms with E-state index in [9.17, 15) is 0 Å². The molecule has 0 heterocycles. The third-order valence-electron chi connectivity index (χ3n) is 9.07. The first-order valence-electron chi connectivity index (χ1n) is 15.4. The smallest absolute Gasteiger partial charge is 0.00262 e. The van der Waals surface area contributed by atoms with Crippen molar-refractivity contribution in [2.24, 2.45) is 0 Å². The van der Waals surface area contributed by atoms with E-state index >= 15 is 0 Å². The van der Waals surface area contributed by atoms with Crippen LogP contribution in [0.1, 0.15) is 56.4 Å². The molecule has 0 fully saturated rings. The first kappa shape index (κ1) is 26.5. The third kappa shape index (κ3) is 4.66. The molecule has 6 aromatic rings. The molecule has 0 amide bonds. The predicted molar refractivity (Wildman–Crippen MR) is 183 cm³/mol. The highest BCUT2D eigenvalue weighted by Crippen LogP contribution is 2.45. The largest absolute Gasteiger partial charge is 0.0836 e. The lowest BCUT2D eigenvalue weighted by Gasteiger charge is -2.22. The minimum atomic E-state index is 0.117. The quantitative estimate of drug-likeness (QED) is 0.194. The van der Waals surface area contributed by atoms with Crippen LogP contribution in [0.15, 0.2) is 115 Å². The average molecular weight is 543 g/mol. The molecular formula is C42H38. The van der Waals surface area contributed by atoms with Crippen LogP contribution in [0.25, 0.3) is 61.0 Å². The maximum Gasteiger partial charge on any atom is -0.00262 e. The van der Waals surface area contributed by atoms with Gasteiger partial charge in [-0.15, -0.1) is 0 Å². The van der Waals surface area contributed by atoms with Gasteiger partial charge in [0.25, 0.3) is 0 Å². The molecule has 0 nitrogen and oxygen atoms in total. The van der Waals surface area contributed by atoms with Crippen LogP contribution in [-0.4, -0.2) is 0 Å². The van der Waals surface area contributed by atoms with E-state index in [2.05, 4.69) is 149 Å². The predicted octanol–water partition coefficient (Wildman–Crippen LogP) is 11.8. The molecule has 42 heavy (non-hydrogen) atoms. The summed E-state index contributed by atoms with van der Waals surface area (Å²) in [4.78, 5) is 0. The van der Waals surface area contributed by atoms with E-state index in [0.717, 1.165) is 19.3 Å². The van der Waals surface area contributed by atoms with E-state index in [0.29, 0.717) is 0 Å². The summed E-state index contributed by atoms with van der Waals surface area (Å²) in [6, 6.07) is 41.6. The number of allylic oxidation sites excluding steroid dienone is 1. The summed E-state index contributed by atoms with van der Waals surface area (Å²) in [6.07, 6.45) is 7.84. The molecule has 0 bridgehead atoms. The number of aryl methyl sites for hydroxylation is 2. The molecule has 0 aliphatic heterocycles. The van der Waals surface area contributed by atoms with E-state index in [1.165, 1.54) is 77.2 Å². The van der Waals surface area contributed by atoms with Gasteiger partial charge in [0.1, 0.15) is 0 Å². The molecule has 0 spiro atoms. The number of fused-ring (bicyclic) bond motifs is 3. The zero-order valence-corrected chi connectivity index (χ0v) is 25.2. The molecule has 0 N–H and O–H groups in total. The lowest BCUT2D eigenvalue weighted by molar-refractivity contribution is 0.590. The Balaban J connectivity index is 1.54. The molecular weight excluding hydrogens is 504 g/mol.